The minimum absolute atomic E-state index is 0.0380. The lowest BCUT2D eigenvalue weighted by Gasteiger charge is -2.40. The number of allylic oxidation sites excluding steroid dienone is 1. The van der Waals surface area contributed by atoms with Crippen LogP contribution >= 0.6 is 0 Å². The van der Waals surface area contributed by atoms with Crippen molar-refractivity contribution in [3.63, 3.8) is 0 Å². The van der Waals surface area contributed by atoms with Crippen LogP contribution < -0.4 is 26.0 Å². The van der Waals surface area contributed by atoms with E-state index in [-0.39, 0.29) is 6.29 Å². The molecule has 0 radical (unpaired) electrons. The Morgan fingerprint density at radius 2 is 2.07 bits per heavy atom. The average molecular weight is 400 g/mol. The molecule has 6 heteroatoms. The predicted octanol–water partition coefficient (Wildman–Crippen LogP) is 2.58. The van der Waals surface area contributed by atoms with E-state index in [1.54, 1.807) is 0 Å². The van der Waals surface area contributed by atoms with E-state index in [1.165, 1.54) is 23.1 Å². The molecule has 1 aromatic rings. The van der Waals surface area contributed by atoms with Gasteiger partial charge in [0.05, 0.1) is 12.8 Å². The molecule has 0 saturated carbocycles. The summed E-state index contributed by atoms with van der Waals surface area (Å²) in [6.45, 7) is 7.52. The zero-order chi connectivity index (χ0) is 20.4. The van der Waals surface area contributed by atoms with Crippen LogP contribution in [0.1, 0.15) is 44.2 Å². The van der Waals surface area contributed by atoms with Crippen molar-refractivity contribution in [3.8, 4) is 5.75 Å². The summed E-state index contributed by atoms with van der Waals surface area (Å²) in [6, 6.07) is 5.03. The van der Waals surface area contributed by atoms with E-state index in [0.717, 1.165) is 50.4 Å². The molecule has 6 nitrogen and oxygen atoms in total. The smallest absolute Gasteiger partial charge is 0.133 e. The lowest BCUT2D eigenvalue weighted by Crippen LogP contribution is -2.65. The van der Waals surface area contributed by atoms with Crippen LogP contribution in [-0.2, 0) is 6.42 Å². The second-order valence-corrected chi connectivity index (χ2v) is 9.04. The van der Waals surface area contributed by atoms with Crippen molar-refractivity contribution in [2.45, 2.75) is 58.0 Å². The summed E-state index contributed by atoms with van der Waals surface area (Å²) < 4.78 is 6.05. The molecular formula is C23H37N5O. The first-order valence-electron chi connectivity index (χ1n) is 11.2. The first-order valence-corrected chi connectivity index (χ1v) is 11.2. The standard InChI is InChI=1S/C23H37N5O/c1-15(2)20-14-21(24-3)27-23(26-20)25-18-12-17-8-11-29-22(17)19(13-18)16-6-5-9-28(4)10-7-16/h7,12-13,15,20-21,23-27H,5-6,8-11,14H2,1-4H3. The number of hydrogen-bond acceptors (Lipinski definition) is 6. The summed E-state index contributed by atoms with van der Waals surface area (Å²) >= 11 is 0. The number of nitrogens with zero attached hydrogens (tertiary/aromatic N) is 1. The number of anilines is 1. The first kappa shape index (κ1) is 20.7. The lowest BCUT2D eigenvalue weighted by molar-refractivity contribution is 0.205. The Morgan fingerprint density at radius 3 is 2.86 bits per heavy atom. The van der Waals surface area contributed by atoms with Gasteiger partial charge in [-0.1, -0.05) is 19.9 Å². The summed E-state index contributed by atoms with van der Waals surface area (Å²) in [5, 5.41) is 14.5. The summed E-state index contributed by atoms with van der Waals surface area (Å²) in [4.78, 5) is 2.38. The Hall–Kier alpha value is -1.60. The van der Waals surface area contributed by atoms with Crippen LogP contribution in [0.5, 0.6) is 5.75 Å². The maximum Gasteiger partial charge on any atom is 0.133 e. The van der Waals surface area contributed by atoms with Gasteiger partial charge in [-0.15, -0.1) is 0 Å². The van der Waals surface area contributed by atoms with Gasteiger partial charge in [0.25, 0.3) is 0 Å². The first-order chi connectivity index (χ1) is 14.0. The van der Waals surface area contributed by atoms with Gasteiger partial charge in [0.15, 0.2) is 0 Å². The van der Waals surface area contributed by atoms with Gasteiger partial charge in [0.1, 0.15) is 12.0 Å². The highest BCUT2D eigenvalue weighted by Gasteiger charge is 2.29. The van der Waals surface area contributed by atoms with Crippen molar-refractivity contribution in [1.29, 1.82) is 0 Å². The zero-order valence-corrected chi connectivity index (χ0v) is 18.3. The fourth-order valence-electron chi connectivity index (χ4n) is 4.64. The van der Waals surface area contributed by atoms with Gasteiger partial charge in [-0.05, 0) is 63.5 Å². The molecule has 0 amide bonds. The number of likely N-dealkylation sites (N-methyl/N-ethyl adjacent to an activating group) is 1. The van der Waals surface area contributed by atoms with E-state index >= 15 is 0 Å². The normalized spacial score (nSPS) is 27.9. The van der Waals surface area contributed by atoms with Crippen LogP contribution in [-0.4, -0.2) is 57.2 Å². The molecule has 0 spiro atoms. The van der Waals surface area contributed by atoms with Crippen LogP contribution in [0.4, 0.5) is 5.69 Å². The van der Waals surface area contributed by atoms with Crippen LogP contribution in [0.3, 0.4) is 0 Å². The Kier molecular flexibility index (Phi) is 6.44. The quantitative estimate of drug-likeness (QED) is 0.611. The predicted molar refractivity (Wildman–Crippen MR) is 120 cm³/mol. The Balaban J connectivity index is 1.58. The molecule has 160 valence electrons. The van der Waals surface area contributed by atoms with Crippen molar-refractivity contribution in [3.05, 3.63) is 29.3 Å². The Morgan fingerprint density at radius 1 is 1.21 bits per heavy atom. The van der Waals surface area contributed by atoms with Gasteiger partial charge >= 0.3 is 0 Å². The Bertz CT molecular complexity index is 747. The van der Waals surface area contributed by atoms with E-state index in [0.29, 0.717) is 18.1 Å². The molecule has 3 aliphatic heterocycles. The fraction of sp³-hybridized carbons (Fsp3) is 0.652. The molecule has 1 saturated heterocycles. The van der Waals surface area contributed by atoms with Gasteiger partial charge in [-0.3, -0.25) is 10.6 Å². The molecule has 4 rings (SSSR count). The number of nitrogens with one attached hydrogen (secondary N) is 4. The molecule has 3 heterocycles. The van der Waals surface area contributed by atoms with Crippen molar-refractivity contribution in [2.24, 2.45) is 5.92 Å². The van der Waals surface area contributed by atoms with Crippen molar-refractivity contribution in [2.75, 3.05) is 39.1 Å². The van der Waals surface area contributed by atoms with Gasteiger partial charge in [-0.25, -0.2) is 0 Å². The van der Waals surface area contributed by atoms with Gasteiger partial charge in [-0.2, -0.15) is 0 Å². The molecule has 1 aromatic carbocycles. The van der Waals surface area contributed by atoms with E-state index in [1.807, 2.05) is 7.05 Å². The number of hydrogen-bond donors (Lipinski definition) is 4. The average Bonchev–Trinajstić information content (AvgIpc) is 3.07. The second-order valence-electron chi connectivity index (χ2n) is 9.04. The number of rotatable bonds is 5. The molecule has 3 atom stereocenters. The highest BCUT2D eigenvalue weighted by molar-refractivity contribution is 5.76. The van der Waals surface area contributed by atoms with Crippen molar-refractivity contribution >= 4 is 11.3 Å². The van der Waals surface area contributed by atoms with Crippen molar-refractivity contribution in [1.82, 2.24) is 20.9 Å². The van der Waals surface area contributed by atoms with Crippen LogP contribution in [0.2, 0.25) is 0 Å². The van der Waals surface area contributed by atoms with Crippen molar-refractivity contribution < 1.29 is 4.74 Å². The summed E-state index contributed by atoms with van der Waals surface area (Å²) in [5.41, 5.74) is 5.19. The molecule has 29 heavy (non-hydrogen) atoms. The molecule has 0 aliphatic carbocycles. The minimum Gasteiger partial charge on any atom is -0.492 e. The molecule has 1 fully saturated rings. The second kappa shape index (κ2) is 9.04. The van der Waals surface area contributed by atoms with Crippen LogP contribution in [0, 0.1) is 5.92 Å². The molecular weight excluding hydrogens is 362 g/mol. The molecule has 3 unspecified atom stereocenters. The minimum atomic E-state index is 0.0380. The van der Waals surface area contributed by atoms with Gasteiger partial charge < -0.3 is 20.3 Å². The molecule has 3 aliphatic rings. The third kappa shape index (κ3) is 4.77. The summed E-state index contributed by atoms with van der Waals surface area (Å²) in [7, 11) is 4.22. The topological polar surface area (TPSA) is 60.6 Å². The summed E-state index contributed by atoms with van der Waals surface area (Å²) in [6.07, 6.45) is 7.10. The van der Waals surface area contributed by atoms with E-state index in [2.05, 4.69) is 65.3 Å². The van der Waals surface area contributed by atoms with E-state index in [9.17, 15) is 0 Å². The SMILES string of the molecule is CNC1CC(C(C)C)NC(Nc2cc3c(c(C4=CCN(C)CCC4)c2)OCC3)N1. The number of ether oxygens (including phenoxy) is 1. The van der Waals surface area contributed by atoms with E-state index < -0.39 is 0 Å². The highest BCUT2D eigenvalue weighted by atomic mass is 16.5. The third-order valence-electron chi connectivity index (χ3n) is 6.47. The number of fused-ring (bicyclic) bond motifs is 1. The van der Waals surface area contributed by atoms with Gasteiger partial charge in [0, 0.05) is 35.8 Å². The largest absolute Gasteiger partial charge is 0.492 e. The lowest BCUT2D eigenvalue weighted by atomic mass is 9.96. The van der Waals surface area contributed by atoms with Crippen LogP contribution in [0.15, 0.2) is 18.2 Å². The Labute approximate surface area is 175 Å². The maximum absolute atomic E-state index is 6.05. The molecule has 0 bridgehead atoms. The summed E-state index contributed by atoms with van der Waals surface area (Å²) in [5.74, 6) is 1.69. The maximum atomic E-state index is 6.05. The monoisotopic (exact) mass is 399 g/mol. The van der Waals surface area contributed by atoms with Gasteiger partial charge in [0.2, 0.25) is 0 Å². The highest BCUT2D eigenvalue weighted by Crippen LogP contribution is 2.39. The molecule has 0 aromatic heterocycles. The third-order valence-corrected chi connectivity index (χ3v) is 6.47. The molecule has 4 N–H and O–H groups in total. The van der Waals surface area contributed by atoms with Crippen LogP contribution in [0.25, 0.3) is 5.57 Å². The fourth-order valence-corrected chi connectivity index (χ4v) is 4.64. The number of benzene rings is 1. The zero-order valence-electron chi connectivity index (χ0n) is 18.3. The van der Waals surface area contributed by atoms with E-state index in [4.69, 9.17) is 4.74 Å².